The van der Waals surface area contributed by atoms with Gasteiger partial charge in [0.1, 0.15) is 0 Å². The zero-order chi connectivity index (χ0) is 18.2. The lowest BCUT2D eigenvalue weighted by molar-refractivity contribution is -0.137. The highest BCUT2D eigenvalue weighted by molar-refractivity contribution is 5.84. The van der Waals surface area contributed by atoms with E-state index in [4.69, 9.17) is 4.74 Å². The summed E-state index contributed by atoms with van der Waals surface area (Å²) in [5.41, 5.74) is 1.64. The lowest BCUT2D eigenvalue weighted by Crippen LogP contribution is -2.44. The number of unbranched alkanes of at least 4 members (excludes halogenated alkanes) is 2. The van der Waals surface area contributed by atoms with E-state index in [1.807, 2.05) is 24.1 Å². The van der Waals surface area contributed by atoms with Gasteiger partial charge in [0.05, 0.1) is 19.1 Å². The van der Waals surface area contributed by atoms with Crippen molar-refractivity contribution in [2.45, 2.75) is 65.3 Å². The molecule has 0 N–H and O–H groups in total. The third kappa shape index (κ3) is 4.94. The molecule has 0 spiro atoms. The molecule has 1 aliphatic rings. The van der Waals surface area contributed by atoms with Crippen molar-refractivity contribution in [3.05, 3.63) is 33.7 Å². The molecule has 1 atom stereocenters. The van der Waals surface area contributed by atoms with Crippen molar-refractivity contribution in [3.8, 4) is 0 Å². The Hall–Kier alpha value is -1.62. The number of hydrogen-bond donors (Lipinski definition) is 0. The van der Waals surface area contributed by atoms with Crippen molar-refractivity contribution in [2.24, 2.45) is 0 Å². The SMILES string of the molecule is CCCCC(C(=O)N1CCOCC1)c1c(C)ccn(CCCC)c1=O. The molecule has 5 nitrogen and oxygen atoms in total. The molecule has 2 heterocycles. The molecule has 0 bridgehead atoms. The molecule has 1 aromatic heterocycles. The molecular formula is C20H32N2O3. The monoisotopic (exact) mass is 348 g/mol. The molecule has 0 saturated carbocycles. The van der Waals surface area contributed by atoms with Gasteiger partial charge in [0.2, 0.25) is 5.91 Å². The zero-order valence-electron chi connectivity index (χ0n) is 15.9. The Labute approximate surface area is 151 Å². The van der Waals surface area contributed by atoms with Crippen LogP contribution in [0.5, 0.6) is 0 Å². The standard InChI is InChI=1S/C20H32N2O3/c1-4-6-8-17(19(23)22-12-14-25-15-13-22)18-16(3)9-11-21(20(18)24)10-7-5-2/h9,11,17H,4-8,10,12-15H2,1-3H3. The maximum absolute atomic E-state index is 13.2. The maximum atomic E-state index is 13.2. The summed E-state index contributed by atoms with van der Waals surface area (Å²) in [6.07, 6.45) is 6.58. The van der Waals surface area contributed by atoms with Crippen molar-refractivity contribution in [2.75, 3.05) is 26.3 Å². The molecule has 25 heavy (non-hydrogen) atoms. The van der Waals surface area contributed by atoms with Crippen molar-refractivity contribution in [1.82, 2.24) is 9.47 Å². The van der Waals surface area contributed by atoms with Crippen LogP contribution >= 0.6 is 0 Å². The molecule has 0 aliphatic carbocycles. The summed E-state index contributed by atoms with van der Waals surface area (Å²) in [4.78, 5) is 28.1. The summed E-state index contributed by atoms with van der Waals surface area (Å²) in [6.45, 7) is 9.32. The predicted molar refractivity (Wildman–Crippen MR) is 100 cm³/mol. The molecule has 1 aromatic rings. The van der Waals surface area contributed by atoms with E-state index in [1.165, 1.54) is 0 Å². The van der Waals surface area contributed by atoms with Crippen LogP contribution in [0.1, 0.15) is 63.0 Å². The molecule has 1 aliphatic heterocycles. The number of nitrogens with zero attached hydrogens (tertiary/aromatic N) is 2. The van der Waals surface area contributed by atoms with Crippen LogP contribution in [0, 0.1) is 6.92 Å². The number of amides is 1. The highest BCUT2D eigenvalue weighted by atomic mass is 16.5. The van der Waals surface area contributed by atoms with Gasteiger partial charge in [-0.15, -0.1) is 0 Å². The first-order valence-corrected chi connectivity index (χ1v) is 9.66. The minimum atomic E-state index is -0.334. The van der Waals surface area contributed by atoms with Crippen LogP contribution in [-0.4, -0.2) is 41.7 Å². The second-order valence-corrected chi connectivity index (χ2v) is 6.90. The van der Waals surface area contributed by atoms with Gasteiger partial charge >= 0.3 is 0 Å². The van der Waals surface area contributed by atoms with Gasteiger partial charge in [-0.3, -0.25) is 9.59 Å². The highest BCUT2D eigenvalue weighted by Crippen LogP contribution is 2.25. The fraction of sp³-hybridized carbons (Fsp3) is 0.700. The van der Waals surface area contributed by atoms with Gasteiger partial charge in [0.15, 0.2) is 0 Å². The molecule has 1 saturated heterocycles. The molecule has 0 aromatic carbocycles. The quantitative estimate of drug-likeness (QED) is 0.725. The van der Waals surface area contributed by atoms with Gasteiger partial charge in [-0.05, 0) is 31.4 Å². The first-order valence-electron chi connectivity index (χ1n) is 9.66. The first kappa shape index (κ1) is 19.7. The third-order valence-electron chi connectivity index (χ3n) is 4.99. The number of aromatic nitrogens is 1. The van der Waals surface area contributed by atoms with E-state index in [0.717, 1.165) is 44.2 Å². The van der Waals surface area contributed by atoms with Gasteiger partial charge in [-0.1, -0.05) is 33.1 Å². The van der Waals surface area contributed by atoms with E-state index >= 15 is 0 Å². The van der Waals surface area contributed by atoms with E-state index < -0.39 is 0 Å². The van der Waals surface area contributed by atoms with E-state index in [2.05, 4.69) is 13.8 Å². The van der Waals surface area contributed by atoms with Crippen molar-refractivity contribution < 1.29 is 9.53 Å². The number of carbonyl (C=O) groups excluding carboxylic acids is 1. The third-order valence-corrected chi connectivity index (χ3v) is 4.99. The fourth-order valence-electron chi connectivity index (χ4n) is 3.41. The van der Waals surface area contributed by atoms with Crippen LogP contribution < -0.4 is 5.56 Å². The van der Waals surface area contributed by atoms with Crippen LogP contribution in [0.25, 0.3) is 0 Å². The van der Waals surface area contributed by atoms with Crippen molar-refractivity contribution >= 4 is 5.91 Å². The summed E-state index contributed by atoms with van der Waals surface area (Å²) in [5, 5.41) is 0. The fourth-order valence-corrected chi connectivity index (χ4v) is 3.41. The predicted octanol–water partition coefficient (Wildman–Crippen LogP) is 3.09. The van der Waals surface area contributed by atoms with Crippen LogP contribution in [0.15, 0.2) is 17.1 Å². The topological polar surface area (TPSA) is 51.5 Å². The van der Waals surface area contributed by atoms with Crippen LogP contribution in [0.2, 0.25) is 0 Å². The summed E-state index contributed by atoms with van der Waals surface area (Å²) >= 11 is 0. The summed E-state index contributed by atoms with van der Waals surface area (Å²) < 4.78 is 7.14. The second kappa shape index (κ2) is 9.76. The number of aryl methyl sites for hydroxylation is 2. The Bertz CT molecular complexity index is 618. The van der Waals surface area contributed by atoms with Gasteiger partial charge in [-0.2, -0.15) is 0 Å². The molecule has 1 unspecified atom stereocenters. The van der Waals surface area contributed by atoms with Gasteiger partial charge in [0, 0.05) is 31.4 Å². The smallest absolute Gasteiger partial charge is 0.254 e. The van der Waals surface area contributed by atoms with Crippen molar-refractivity contribution in [3.63, 3.8) is 0 Å². The van der Waals surface area contributed by atoms with E-state index in [1.54, 1.807) is 4.57 Å². The Morgan fingerprint density at radius 2 is 1.88 bits per heavy atom. The number of morpholine rings is 1. The Balaban J connectivity index is 2.35. The normalized spacial score (nSPS) is 16.0. The minimum absolute atomic E-state index is 0.0103. The Kier molecular flexibility index (Phi) is 7.69. The van der Waals surface area contributed by atoms with Crippen molar-refractivity contribution in [1.29, 1.82) is 0 Å². The number of ether oxygens (including phenoxy) is 1. The molecular weight excluding hydrogens is 316 g/mol. The maximum Gasteiger partial charge on any atom is 0.254 e. The van der Waals surface area contributed by atoms with Crippen LogP contribution in [0.3, 0.4) is 0 Å². The Morgan fingerprint density at radius 1 is 1.20 bits per heavy atom. The molecule has 1 fully saturated rings. The number of carbonyl (C=O) groups is 1. The largest absolute Gasteiger partial charge is 0.378 e. The zero-order valence-corrected chi connectivity index (χ0v) is 15.9. The number of hydrogen-bond acceptors (Lipinski definition) is 3. The average Bonchev–Trinajstić information content (AvgIpc) is 2.64. The van der Waals surface area contributed by atoms with Gasteiger partial charge in [-0.25, -0.2) is 0 Å². The first-order chi connectivity index (χ1) is 12.1. The van der Waals surface area contributed by atoms with Crippen LogP contribution in [0.4, 0.5) is 0 Å². The minimum Gasteiger partial charge on any atom is -0.378 e. The molecule has 2 rings (SSSR count). The van der Waals surface area contributed by atoms with E-state index in [-0.39, 0.29) is 17.4 Å². The van der Waals surface area contributed by atoms with Gasteiger partial charge in [0.25, 0.3) is 5.56 Å². The number of pyridine rings is 1. The van der Waals surface area contributed by atoms with E-state index in [0.29, 0.717) is 31.9 Å². The van der Waals surface area contributed by atoms with Gasteiger partial charge < -0.3 is 14.2 Å². The summed E-state index contributed by atoms with van der Waals surface area (Å²) in [5.74, 6) is -0.246. The average molecular weight is 348 g/mol. The Morgan fingerprint density at radius 3 is 2.52 bits per heavy atom. The molecule has 5 heteroatoms. The molecule has 0 radical (unpaired) electrons. The van der Waals surface area contributed by atoms with E-state index in [9.17, 15) is 9.59 Å². The summed E-state index contributed by atoms with van der Waals surface area (Å²) in [6, 6.07) is 1.98. The number of rotatable bonds is 8. The second-order valence-electron chi connectivity index (χ2n) is 6.90. The van der Waals surface area contributed by atoms with Crippen LogP contribution in [-0.2, 0) is 16.1 Å². The highest BCUT2D eigenvalue weighted by Gasteiger charge is 2.30. The molecule has 1 amide bonds. The summed E-state index contributed by atoms with van der Waals surface area (Å²) in [7, 11) is 0. The molecule has 140 valence electrons. The lowest BCUT2D eigenvalue weighted by atomic mass is 9.90. The lowest BCUT2D eigenvalue weighted by Gasteiger charge is -2.31.